The molecule has 0 fully saturated rings. The van der Waals surface area contributed by atoms with E-state index in [1.165, 1.54) is 0 Å². The lowest BCUT2D eigenvalue weighted by Gasteiger charge is -1.96. The number of rotatable bonds is 2. The molecule has 10 heavy (non-hydrogen) atoms. The molecule has 0 spiro atoms. The zero-order valence-corrected chi connectivity index (χ0v) is 6.11. The summed E-state index contributed by atoms with van der Waals surface area (Å²) in [6, 6.07) is 0. The second-order valence-electron chi connectivity index (χ2n) is 1.33. The first kappa shape index (κ1) is 11.6. The molecule has 0 unspecified atom stereocenters. The molecule has 0 amide bonds. The van der Waals surface area contributed by atoms with Crippen molar-refractivity contribution in [3.8, 4) is 0 Å². The highest BCUT2D eigenvalue weighted by molar-refractivity contribution is 5.85. The predicted octanol–water partition coefficient (Wildman–Crippen LogP) is -1.88. The van der Waals surface area contributed by atoms with Crippen molar-refractivity contribution in [3.05, 3.63) is 0 Å². The van der Waals surface area contributed by atoms with E-state index in [0.29, 0.717) is 0 Å². The molecule has 0 radical (unpaired) electrons. The Labute approximate surface area is 64.8 Å². The first-order valence-electron chi connectivity index (χ1n) is 2.26. The lowest BCUT2D eigenvalue weighted by atomic mass is 10.9. The Bertz CT molecular complexity index is 127. The van der Waals surface area contributed by atoms with Gasteiger partial charge in [-0.2, -0.15) is 0 Å². The molecule has 8 N–H and O–H groups in total. The van der Waals surface area contributed by atoms with Gasteiger partial charge >= 0.3 is 0 Å². The number of nitrogens with one attached hydrogen (secondary N) is 2. The van der Waals surface area contributed by atoms with Gasteiger partial charge in [0.1, 0.15) is 6.67 Å². The number of hydrogen-bond donors (Lipinski definition) is 5. The molecular formula is C3H11ClN6. The predicted molar refractivity (Wildman–Crippen MR) is 43.0 cm³/mol. The number of halogens is 1. The molecule has 7 heteroatoms. The summed E-state index contributed by atoms with van der Waals surface area (Å²) >= 11 is 0. The van der Waals surface area contributed by atoms with E-state index in [0.717, 1.165) is 0 Å². The molecule has 0 aliphatic carbocycles. The largest absolute Gasteiger partial charge is 0.370 e. The third kappa shape index (κ3) is 9.95. The van der Waals surface area contributed by atoms with E-state index in [1.54, 1.807) is 0 Å². The topological polar surface area (TPSA) is 126 Å². The minimum Gasteiger partial charge on any atom is -0.370 e. The molecule has 60 valence electrons. The second-order valence-corrected chi connectivity index (χ2v) is 1.33. The molecule has 0 aromatic carbocycles. The SMILES string of the molecule is Cl.N=C(N)NCN=C(N)N. The Balaban J connectivity index is 0. The third-order valence-electron chi connectivity index (χ3n) is 0.531. The molecule has 0 aliphatic rings. The van der Waals surface area contributed by atoms with Crippen molar-refractivity contribution >= 4 is 24.3 Å². The number of nitrogens with zero attached hydrogens (tertiary/aromatic N) is 1. The molecule has 0 aliphatic heterocycles. The fraction of sp³-hybridized carbons (Fsp3) is 0.333. The van der Waals surface area contributed by atoms with Gasteiger partial charge in [-0.1, -0.05) is 0 Å². The fourth-order valence-electron chi connectivity index (χ4n) is 0.216. The maximum atomic E-state index is 6.65. The maximum Gasteiger partial charge on any atom is 0.187 e. The van der Waals surface area contributed by atoms with Crippen LogP contribution in [0.3, 0.4) is 0 Å². The van der Waals surface area contributed by atoms with E-state index in [9.17, 15) is 0 Å². The summed E-state index contributed by atoms with van der Waals surface area (Å²) in [6.07, 6.45) is 0. The summed E-state index contributed by atoms with van der Waals surface area (Å²) in [6.45, 7) is 0.150. The Kier molecular flexibility index (Phi) is 6.91. The van der Waals surface area contributed by atoms with E-state index in [1.807, 2.05) is 0 Å². The summed E-state index contributed by atoms with van der Waals surface area (Å²) in [5.74, 6) is -0.177. The van der Waals surface area contributed by atoms with E-state index >= 15 is 0 Å². The van der Waals surface area contributed by atoms with Crippen molar-refractivity contribution in [3.63, 3.8) is 0 Å². The van der Waals surface area contributed by atoms with Crippen molar-refractivity contribution in [2.45, 2.75) is 0 Å². The molecule has 0 aromatic heterocycles. The van der Waals surface area contributed by atoms with Crippen LogP contribution in [0.25, 0.3) is 0 Å². The van der Waals surface area contributed by atoms with Crippen molar-refractivity contribution in [2.24, 2.45) is 22.2 Å². The van der Waals surface area contributed by atoms with E-state index in [4.69, 9.17) is 22.6 Å². The van der Waals surface area contributed by atoms with Crippen LogP contribution >= 0.6 is 12.4 Å². The third-order valence-corrected chi connectivity index (χ3v) is 0.531. The molecule has 0 atom stereocenters. The fourth-order valence-corrected chi connectivity index (χ4v) is 0.216. The lowest BCUT2D eigenvalue weighted by molar-refractivity contribution is 0.905. The van der Waals surface area contributed by atoms with Gasteiger partial charge < -0.3 is 22.5 Å². The van der Waals surface area contributed by atoms with Gasteiger partial charge in [-0.3, -0.25) is 5.41 Å². The van der Waals surface area contributed by atoms with E-state index in [2.05, 4.69) is 10.3 Å². The highest BCUT2D eigenvalue weighted by Gasteiger charge is 1.81. The number of hydrogen-bond acceptors (Lipinski definition) is 2. The van der Waals surface area contributed by atoms with Gasteiger partial charge in [0, 0.05) is 0 Å². The molecule has 0 bridgehead atoms. The number of nitrogens with two attached hydrogens (primary N) is 3. The normalized spacial score (nSPS) is 7.20. The zero-order valence-electron chi connectivity index (χ0n) is 5.29. The zero-order chi connectivity index (χ0) is 7.28. The van der Waals surface area contributed by atoms with Crippen molar-refractivity contribution in [2.75, 3.05) is 6.67 Å². The molecule has 0 rings (SSSR count). The van der Waals surface area contributed by atoms with Crippen molar-refractivity contribution in [1.29, 1.82) is 5.41 Å². The van der Waals surface area contributed by atoms with Crippen LogP contribution in [0.15, 0.2) is 4.99 Å². The van der Waals surface area contributed by atoms with Crippen LogP contribution in [0, 0.1) is 5.41 Å². The van der Waals surface area contributed by atoms with E-state index in [-0.39, 0.29) is 31.0 Å². The quantitative estimate of drug-likeness (QED) is 0.243. The van der Waals surface area contributed by atoms with Gasteiger partial charge in [0.15, 0.2) is 11.9 Å². The van der Waals surface area contributed by atoms with Gasteiger partial charge in [0.05, 0.1) is 0 Å². The van der Waals surface area contributed by atoms with Crippen LogP contribution in [-0.4, -0.2) is 18.6 Å². The minimum atomic E-state index is -0.153. The highest BCUT2D eigenvalue weighted by atomic mass is 35.5. The van der Waals surface area contributed by atoms with Crippen LogP contribution in [-0.2, 0) is 0 Å². The molecule has 0 heterocycles. The van der Waals surface area contributed by atoms with Crippen LogP contribution in [0.4, 0.5) is 0 Å². The van der Waals surface area contributed by atoms with Gasteiger partial charge in [0.2, 0.25) is 0 Å². The van der Waals surface area contributed by atoms with Crippen LogP contribution < -0.4 is 22.5 Å². The summed E-state index contributed by atoms with van der Waals surface area (Å²) in [7, 11) is 0. The standard InChI is InChI=1S/C3H10N6.ClH/c4-2(5)8-1-9-3(6)7;/h1H2,(H4,4,5,8)(H4,6,7,9);1H. The Hall–Kier alpha value is -1.17. The molecule has 0 saturated heterocycles. The van der Waals surface area contributed by atoms with Gasteiger partial charge in [-0.05, 0) is 0 Å². The van der Waals surface area contributed by atoms with Crippen LogP contribution in [0.2, 0.25) is 0 Å². The van der Waals surface area contributed by atoms with Gasteiger partial charge in [-0.15, -0.1) is 12.4 Å². The molecule has 0 aromatic rings. The monoisotopic (exact) mass is 166 g/mol. The average molecular weight is 167 g/mol. The van der Waals surface area contributed by atoms with Crippen LogP contribution in [0.5, 0.6) is 0 Å². The van der Waals surface area contributed by atoms with Crippen LogP contribution in [0.1, 0.15) is 0 Å². The summed E-state index contributed by atoms with van der Waals surface area (Å²) in [4.78, 5) is 3.50. The molecule has 0 saturated carbocycles. The molecular weight excluding hydrogens is 156 g/mol. The Morgan fingerprint density at radius 3 is 2.20 bits per heavy atom. The first-order valence-corrected chi connectivity index (χ1v) is 2.26. The minimum absolute atomic E-state index is 0. The molecule has 6 nitrogen and oxygen atoms in total. The smallest absolute Gasteiger partial charge is 0.187 e. The van der Waals surface area contributed by atoms with Gasteiger partial charge in [0.25, 0.3) is 0 Å². The highest BCUT2D eigenvalue weighted by Crippen LogP contribution is 1.58. The van der Waals surface area contributed by atoms with Crippen molar-refractivity contribution < 1.29 is 0 Å². The van der Waals surface area contributed by atoms with E-state index < -0.39 is 0 Å². The summed E-state index contributed by atoms with van der Waals surface area (Å²) in [5, 5.41) is 9.04. The number of aliphatic imine (C=N–C) groups is 1. The Morgan fingerprint density at radius 1 is 1.40 bits per heavy atom. The lowest BCUT2D eigenvalue weighted by Crippen LogP contribution is -2.32. The summed E-state index contributed by atoms with van der Waals surface area (Å²) < 4.78 is 0. The number of guanidine groups is 2. The maximum absolute atomic E-state index is 6.65. The average Bonchev–Trinajstić information content (AvgIpc) is 1.63. The second kappa shape index (κ2) is 5.96. The van der Waals surface area contributed by atoms with Gasteiger partial charge in [-0.25, -0.2) is 4.99 Å². The summed E-state index contributed by atoms with van der Waals surface area (Å²) in [5.41, 5.74) is 14.8. The van der Waals surface area contributed by atoms with Crippen molar-refractivity contribution in [1.82, 2.24) is 5.32 Å². The first-order chi connectivity index (χ1) is 4.13. The Morgan fingerprint density at radius 2 is 1.90 bits per heavy atom.